The SMILES string of the molecule is OCc1cccnc1[C@H]1CCN1. The first-order chi connectivity index (χ1) is 5.92. The summed E-state index contributed by atoms with van der Waals surface area (Å²) in [6.45, 7) is 1.15. The van der Waals surface area contributed by atoms with Crippen molar-refractivity contribution in [2.45, 2.75) is 19.1 Å². The smallest absolute Gasteiger partial charge is 0.0700 e. The fourth-order valence-electron chi connectivity index (χ4n) is 1.42. The molecule has 1 aromatic heterocycles. The van der Waals surface area contributed by atoms with Crippen LogP contribution in [0.2, 0.25) is 0 Å². The number of aliphatic hydroxyl groups excluding tert-OH is 1. The molecule has 0 aromatic carbocycles. The van der Waals surface area contributed by atoms with Crippen LogP contribution in [0.25, 0.3) is 0 Å². The highest BCUT2D eigenvalue weighted by molar-refractivity contribution is 5.23. The molecule has 0 bridgehead atoms. The molecule has 3 heteroatoms. The lowest BCUT2D eigenvalue weighted by Crippen LogP contribution is -2.36. The van der Waals surface area contributed by atoms with Crippen LogP contribution in [0.1, 0.15) is 23.7 Å². The summed E-state index contributed by atoms with van der Waals surface area (Å²) in [5.74, 6) is 0. The average Bonchev–Trinajstić information content (AvgIpc) is 2.02. The van der Waals surface area contributed by atoms with E-state index in [0.29, 0.717) is 6.04 Å². The van der Waals surface area contributed by atoms with Gasteiger partial charge >= 0.3 is 0 Å². The first kappa shape index (κ1) is 7.71. The lowest BCUT2D eigenvalue weighted by atomic mass is 9.99. The lowest BCUT2D eigenvalue weighted by molar-refractivity contribution is 0.274. The second kappa shape index (κ2) is 3.21. The highest BCUT2D eigenvalue weighted by Gasteiger charge is 2.21. The number of nitrogens with zero attached hydrogens (tertiary/aromatic N) is 1. The Kier molecular flexibility index (Phi) is 2.06. The van der Waals surface area contributed by atoms with Crippen molar-refractivity contribution in [3.8, 4) is 0 Å². The average molecular weight is 164 g/mol. The van der Waals surface area contributed by atoms with Gasteiger partial charge in [0.1, 0.15) is 0 Å². The van der Waals surface area contributed by atoms with E-state index in [9.17, 15) is 0 Å². The van der Waals surface area contributed by atoms with Gasteiger partial charge in [0.05, 0.1) is 18.3 Å². The van der Waals surface area contributed by atoms with Crippen LogP contribution in [-0.2, 0) is 6.61 Å². The molecule has 0 saturated carbocycles. The van der Waals surface area contributed by atoms with Gasteiger partial charge in [-0.1, -0.05) is 6.07 Å². The molecule has 1 fully saturated rings. The van der Waals surface area contributed by atoms with E-state index in [2.05, 4.69) is 10.3 Å². The third kappa shape index (κ3) is 1.21. The van der Waals surface area contributed by atoms with Gasteiger partial charge in [-0.2, -0.15) is 0 Å². The minimum absolute atomic E-state index is 0.0847. The van der Waals surface area contributed by atoms with Gasteiger partial charge in [-0.3, -0.25) is 4.98 Å². The first-order valence-corrected chi connectivity index (χ1v) is 4.20. The number of hydrogen-bond donors (Lipinski definition) is 2. The fourth-order valence-corrected chi connectivity index (χ4v) is 1.42. The molecule has 1 aliphatic rings. The Morgan fingerprint density at radius 1 is 1.67 bits per heavy atom. The molecule has 1 atom stereocenters. The third-order valence-corrected chi connectivity index (χ3v) is 2.25. The van der Waals surface area contributed by atoms with E-state index in [-0.39, 0.29) is 6.61 Å². The van der Waals surface area contributed by atoms with E-state index < -0.39 is 0 Å². The van der Waals surface area contributed by atoms with Crippen molar-refractivity contribution in [1.29, 1.82) is 0 Å². The Labute approximate surface area is 71.4 Å². The molecule has 2 N–H and O–H groups in total. The van der Waals surface area contributed by atoms with Crippen molar-refractivity contribution in [2.75, 3.05) is 6.54 Å². The molecular weight excluding hydrogens is 152 g/mol. The van der Waals surface area contributed by atoms with Crippen LogP contribution in [0.4, 0.5) is 0 Å². The molecular formula is C9H12N2O. The van der Waals surface area contributed by atoms with Crippen molar-refractivity contribution in [3.63, 3.8) is 0 Å². The molecule has 3 nitrogen and oxygen atoms in total. The van der Waals surface area contributed by atoms with E-state index in [1.54, 1.807) is 6.20 Å². The minimum atomic E-state index is 0.0847. The summed E-state index contributed by atoms with van der Waals surface area (Å²) in [6, 6.07) is 4.14. The van der Waals surface area contributed by atoms with Crippen LogP contribution in [0.5, 0.6) is 0 Å². The molecule has 2 heterocycles. The highest BCUT2D eigenvalue weighted by Crippen LogP contribution is 2.23. The predicted molar refractivity (Wildman–Crippen MR) is 45.5 cm³/mol. The molecule has 0 amide bonds. The molecule has 12 heavy (non-hydrogen) atoms. The number of aliphatic hydroxyl groups is 1. The van der Waals surface area contributed by atoms with E-state index in [1.165, 1.54) is 0 Å². The predicted octanol–water partition coefficient (Wildman–Crippen LogP) is 0.608. The zero-order valence-corrected chi connectivity index (χ0v) is 6.83. The lowest BCUT2D eigenvalue weighted by Gasteiger charge is -2.28. The quantitative estimate of drug-likeness (QED) is 0.673. The molecule has 1 aliphatic heterocycles. The van der Waals surface area contributed by atoms with Gasteiger partial charge in [-0.05, 0) is 19.0 Å². The van der Waals surface area contributed by atoms with Gasteiger partial charge in [0.15, 0.2) is 0 Å². The Morgan fingerprint density at radius 3 is 3.08 bits per heavy atom. The van der Waals surface area contributed by atoms with Crippen LogP contribution in [0.3, 0.4) is 0 Å². The van der Waals surface area contributed by atoms with Gasteiger partial charge in [0.25, 0.3) is 0 Å². The van der Waals surface area contributed by atoms with Gasteiger partial charge in [0, 0.05) is 11.8 Å². The standard InChI is InChI=1S/C9H12N2O/c12-6-7-2-1-4-11-9(7)8-3-5-10-8/h1-2,4,8,10,12H,3,5-6H2/t8-/m1/s1. The Morgan fingerprint density at radius 2 is 2.50 bits per heavy atom. The zero-order valence-electron chi connectivity index (χ0n) is 6.83. The highest BCUT2D eigenvalue weighted by atomic mass is 16.3. The molecule has 1 saturated heterocycles. The van der Waals surface area contributed by atoms with E-state index >= 15 is 0 Å². The minimum Gasteiger partial charge on any atom is -0.392 e. The summed E-state index contributed by atoms with van der Waals surface area (Å²) < 4.78 is 0. The molecule has 1 aromatic rings. The van der Waals surface area contributed by atoms with Crippen molar-refractivity contribution < 1.29 is 5.11 Å². The molecule has 2 rings (SSSR count). The summed E-state index contributed by atoms with van der Waals surface area (Å²) >= 11 is 0. The fraction of sp³-hybridized carbons (Fsp3) is 0.444. The summed E-state index contributed by atoms with van der Waals surface area (Å²) in [4.78, 5) is 4.25. The Hall–Kier alpha value is -0.930. The number of rotatable bonds is 2. The Balaban J connectivity index is 2.27. The summed E-state index contributed by atoms with van der Waals surface area (Å²) in [5, 5.41) is 12.3. The number of pyridine rings is 1. The molecule has 0 spiro atoms. The molecule has 0 unspecified atom stereocenters. The van der Waals surface area contributed by atoms with E-state index in [1.807, 2.05) is 12.1 Å². The van der Waals surface area contributed by atoms with Crippen molar-refractivity contribution in [1.82, 2.24) is 10.3 Å². The van der Waals surface area contributed by atoms with Gasteiger partial charge in [0.2, 0.25) is 0 Å². The Bertz CT molecular complexity index is 271. The van der Waals surface area contributed by atoms with Gasteiger partial charge < -0.3 is 10.4 Å². The van der Waals surface area contributed by atoms with Crippen LogP contribution < -0.4 is 5.32 Å². The topological polar surface area (TPSA) is 45.2 Å². The second-order valence-corrected chi connectivity index (χ2v) is 3.00. The maximum absolute atomic E-state index is 9.02. The summed E-state index contributed by atoms with van der Waals surface area (Å²) in [6.07, 6.45) is 2.90. The zero-order chi connectivity index (χ0) is 8.39. The maximum Gasteiger partial charge on any atom is 0.0700 e. The third-order valence-electron chi connectivity index (χ3n) is 2.25. The monoisotopic (exact) mass is 164 g/mol. The molecule has 64 valence electrons. The second-order valence-electron chi connectivity index (χ2n) is 3.00. The molecule has 0 aliphatic carbocycles. The van der Waals surface area contributed by atoms with Crippen LogP contribution in [0.15, 0.2) is 18.3 Å². The van der Waals surface area contributed by atoms with Crippen molar-refractivity contribution >= 4 is 0 Å². The van der Waals surface area contributed by atoms with E-state index in [4.69, 9.17) is 5.11 Å². The van der Waals surface area contributed by atoms with Crippen molar-refractivity contribution in [3.05, 3.63) is 29.6 Å². The van der Waals surface area contributed by atoms with Gasteiger partial charge in [-0.15, -0.1) is 0 Å². The molecule has 0 radical (unpaired) electrons. The van der Waals surface area contributed by atoms with Crippen molar-refractivity contribution in [2.24, 2.45) is 0 Å². The maximum atomic E-state index is 9.02. The number of aromatic nitrogens is 1. The van der Waals surface area contributed by atoms with Crippen LogP contribution in [0, 0.1) is 0 Å². The van der Waals surface area contributed by atoms with Gasteiger partial charge in [-0.25, -0.2) is 0 Å². The largest absolute Gasteiger partial charge is 0.392 e. The van der Waals surface area contributed by atoms with Crippen LogP contribution in [-0.4, -0.2) is 16.6 Å². The number of hydrogen-bond acceptors (Lipinski definition) is 3. The van der Waals surface area contributed by atoms with E-state index in [0.717, 1.165) is 24.2 Å². The van der Waals surface area contributed by atoms with Crippen LogP contribution >= 0.6 is 0 Å². The summed E-state index contributed by atoms with van der Waals surface area (Å²) in [7, 11) is 0. The number of nitrogens with one attached hydrogen (secondary N) is 1. The normalized spacial score (nSPS) is 21.9. The summed E-state index contributed by atoms with van der Waals surface area (Å²) in [5.41, 5.74) is 1.95. The first-order valence-electron chi connectivity index (χ1n) is 4.20.